The quantitative estimate of drug-likeness (QED) is 0.623. The summed E-state index contributed by atoms with van der Waals surface area (Å²) in [5.41, 5.74) is -0.894. The predicted octanol–water partition coefficient (Wildman–Crippen LogP) is 3.95. The van der Waals surface area contributed by atoms with Crippen molar-refractivity contribution >= 4 is 0 Å². The predicted molar refractivity (Wildman–Crippen MR) is 53.4 cm³/mol. The molecule has 2 rings (SSSR count). The number of fused-ring (bicyclic) bond motifs is 2. The van der Waals surface area contributed by atoms with Gasteiger partial charge in [-0.3, -0.25) is 0 Å². The molecule has 0 aromatic carbocycles. The summed E-state index contributed by atoms with van der Waals surface area (Å²) in [6, 6.07) is 0. The molecule has 2 aliphatic rings. The van der Waals surface area contributed by atoms with E-state index < -0.39 is 5.67 Å². The number of rotatable bonds is 3. The third-order valence-corrected chi connectivity index (χ3v) is 4.31. The Balaban J connectivity index is 1.89. The minimum absolute atomic E-state index is 0.681. The van der Waals surface area contributed by atoms with E-state index in [0.717, 1.165) is 18.3 Å². The SMILES string of the molecule is CCC(C)(F)CC1CC2CCC1C2. The third-order valence-electron chi connectivity index (χ3n) is 4.31. The molecule has 0 saturated heterocycles. The van der Waals surface area contributed by atoms with Gasteiger partial charge in [-0.2, -0.15) is 0 Å². The molecule has 0 aromatic rings. The molecule has 0 radical (unpaired) electrons. The van der Waals surface area contributed by atoms with Crippen molar-refractivity contribution < 1.29 is 4.39 Å². The van der Waals surface area contributed by atoms with E-state index in [0.29, 0.717) is 12.3 Å². The Bertz CT molecular complexity index is 186. The lowest BCUT2D eigenvalue weighted by Gasteiger charge is -2.28. The van der Waals surface area contributed by atoms with Crippen LogP contribution in [0.15, 0.2) is 0 Å². The maximum atomic E-state index is 13.8. The average molecular weight is 184 g/mol. The lowest BCUT2D eigenvalue weighted by molar-refractivity contribution is 0.118. The highest BCUT2D eigenvalue weighted by molar-refractivity contribution is 4.92. The van der Waals surface area contributed by atoms with Gasteiger partial charge in [-0.25, -0.2) is 4.39 Å². The third kappa shape index (κ3) is 1.89. The van der Waals surface area contributed by atoms with Crippen molar-refractivity contribution in [3.8, 4) is 0 Å². The van der Waals surface area contributed by atoms with Crippen molar-refractivity contribution in [1.29, 1.82) is 0 Å². The fraction of sp³-hybridized carbons (Fsp3) is 1.00. The second kappa shape index (κ2) is 3.25. The fourth-order valence-corrected chi connectivity index (χ4v) is 3.32. The summed E-state index contributed by atoms with van der Waals surface area (Å²) in [6.07, 6.45) is 7.05. The van der Waals surface area contributed by atoms with Gasteiger partial charge < -0.3 is 0 Å². The van der Waals surface area contributed by atoms with Crippen LogP contribution in [0.1, 0.15) is 52.4 Å². The first kappa shape index (κ1) is 9.48. The van der Waals surface area contributed by atoms with E-state index in [1.54, 1.807) is 6.92 Å². The zero-order valence-corrected chi connectivity index (χ0v) is 8.85. The molecule has 2 fully saturated rings. The summed E-state index contributed by atoms with van der Waals surface area (Å²) < 4.78 is 13.8. The zero-order chi connectivity index (χ0) is 9.47. The van der Waals surface area contributed by atoms with Gasteiger partial charge >= 0.3 is 0 Å². The molecule has 0 aliphatic heterocycles. The molecule has 2 saturated carbocycles. The van der Waals surface area contributed by atoms with Gasteiger partial charge in [-0.15, -0.1) is 0 Å². The van der Waals surface area contributed by atoms with Crippen molar-refractivity contribution in [1.82, 2.24) is 0 Å². The van der Waals surface area contributed by atoms with Gasteiger partial charge in [-0.05, 0) is 56.8 Å². The molecular formula is C12H21F. The van der Waals surface area contributed by atoms with Crippen LogP contribution in [-0.4, -0.2) is 5.67 Å². The van der Waals surface area contributed by atoms with E-state index in [4.69, 9.17) is 0 Å². The van der Waals surface area contributed by atoms with E-state index in [9.17, 15) is 4.39 Å². The number of halogens is 1. The smallest absolute Gasteiger partial charge is 0.108 e. The van der Waals surface area contributed by atoms with Crippen LogP contribution < -0.4 is 0 Å². The number of hydrogen-bond donors (Lipinski definition) is 0. The molecule has 2 bridgehead atoms. The molecule has 4 unspecified atom stereocenters. The Kier molecular flexibility index (Phi) is 2.37. The lowest BCUT2D eigenvalue weighted by atomic mass is 9.81. The monoisotopic (exact) mass is 184 g/mol. The van der Waals surface area contributed by atoms with Crippen molar-refractivity contribution in [3.63, 3.8) is 0 Å². The summed E-state index contributed by atoms with van der Waals surface area (Å²) in [4.78, 5) is 0. The van der Waals surface area contributed by atoms with Crippen molar-refractivity contribution in [3.05, 3.63) is 0 Å². The first-order valence-corrected chi connectivity index (χ1v) is 5.79. The van der Waals surface area contributed by atoms with Crippen molar-refractivity contribution in [2.45, 2.75) is 58.0 Å². The molecule has 0 nitrogen and oxygen atoms in total. The van der Waals surface area contributed by atoms with Crippen molar-refractivity contribution in [2.75, 3.05) is 0 Å². The second-order valence-electron chi connectivity index (χ2n) is 5.41. The lowest BCUT2D eigenvalue weighted by Crippen LogP contribution is -2.24. The van der Waals surface area contributed by atoms with Crippen LogP contribution in [0.4, 0.5) is 4.39 Å². The molecule has 1 heteroatoms. The Labute approximate surface area is 80.9 Å². The summed E-state index contributed by atoms with van der Waals surface area (Å²) in [5, 5.41) is 0. The Morgan fingerprint density at radius 3 is 2.54 bits per heavy atom. The molecule has 0 N–H and O–H groups in total. The van der Waals surface area contributed by atoms with Crippen LogP contribution >= 0.6 is 0 Å². The maximum Gasteiger partial charge on any atom is 0.108 e. The summed E-state index contributed by atoms with van der Waals surface area (Å²) in [6.45, 7) is 3.74. The van der Waals surface area contributed by atoms with Crippen LogP contribution in [0, 0.1) is 17.8 Å². The zero-order valence-electron chi connectivity index (χ0n) is 8.85. The van der Waals surface area contributed by atoms with Crippen LogP contribution in [-0.2, 0) is 0 Å². The first-order chi connectivity index (χ1) is 6.11. The van der Waals surface area contributed by atoms with Gasteiger partial charge in [-0.1, -0.05) is 13.3 Å². The minimum Gasteiger partial charge on any atom is -0.244 e. The van der Waals surface area contributed by atoms with E-state index in [1.807, 2.05) is 6.92 Å². The van der Waals surface area contributed by atoms with Gasteiger partial charge in [0.15, 0.2) is 0 Å². The molecule has 13 heavy (non-hydrogen) atoms. The van der Waals surface area contributed by atoms with E-state index in [2.05, 4.69) is 0 Å². The fourth-order valence-electron chi connectivity index (χ4n) is 3.32. The topological polar surface area (TPSA) is 0 Å². The summed E-state index contributed by atoms with van der Waals surface area (Å²) in [5.74, 6) is 2.56. The van der Waals surface area contributed by atoms with Crippen LogP contribution in [0.5, 0.6) is 0 Å². The van der Waals surface area contributed by atoms with Gasteiger partial charge in [0, 0.05) is 0 Å². The van der Waals surface area contributed by atoms with E-state index >= 15 is 0 Å². The normalized spacial score (nSPS) is 42.2. The first-order valence-electron chi connectivity index (χ1n) is 5.79. The van der Waals surface area contributed by atoms with Crippen molar-refractivity contribution in [2.24, 2.45) is 17.8 Å². The second-order valence-corrected chi connectivity index (χ2v) is 5.41. The number of hydrogen-bond acceptors (Lipinski definition) is 0. The molecule has 0 aromatic heterocycles. The molecule has 0 spiro atoms. The van der Waals surface area contributed by atoms with Gasteiger partial charge in [0.2, 0.25) is 0 Å². The highest BCUT2D eigenvalue weighted by Gasteiger charge is 2.42. The number of alkyl halides is 1. The molecule has 4 atom stereocenters. The summed E-state index contributed by atoms with van der Waals surface area (Å²) in [7, 11) is 0. The maximum absolute atomic E-state index is 13.8. The largest absolute Gasteiger partial charge is 0.244 e. The standard InChI is InChI=1S/C12H21F/c1-3-12(2,13)8-11-7-9-4-5-10(11)6-9/h9-11H,3-8H2,1-2H3. The Hall–Kier alpha value is -0.0700. The molecule has 76 valence electrons. The van der Waals surface area contributed by atoms with Gasteiger partial charge in [0.25, 0.3) is 0 Å². The van der Waals surface area contributed by atoms with Crippen LogP contribution in [0.25, 0.3) is 0 Å². The highest BCUT2D eigenvalue weighted by atomic mass is 19.1. The van der Waals surface area contributed by atoms with Crippen LogP contribution in [0.3, 0.4) is 0 Å². The molecule has 0 heterocycles. The Morgan fingerprint density at radius 1 is 1.31 bits per heavy atom. The highest BCUT2D eigenvalue weighted by Crippen LogP contribution is 2.51. The minimum atomic E-state index is -0.894. The van der Waals surface area contributed by atoms with Gasteiger partial charge in [0.1, 0.15) is 5.67 Å². The van der Waals surface area contributed by atoms with Crippen LogP contribution in [0.2, 0.25) is 0 Å². The van der Waals surface area contributed by atoms with E-state index in [-0.39, 0.29) is 0 Å². The van der Waals surface area contributed by atoms with E-state index in [1.165, 1.54) is 25.7 Å². The van der Waals surface area contributed by atoms with Gasteiger partial charge in [0.05, 0.1) is 0 Å². The molecule has 0 amide bonds. The summed E-state index contributed by atoms with van der Waals surface area (Å²) >= 11 is 0. The Morgan fingerprint density at radius 2 is 2.08 bits per heavy atom. The molecular weight excluding hydrogens is 163 g/mol. The molecule has 2 aliphatic carbocycles. The average Bonchev–Trinajstić information content (AvgIpc) is 2.64.